The van der Waals surface area contributed by atoms with Crippen molar-refractivity contribution in [3.05, 3.63) is 0 Å². The van der Waals surface area contributed by atoms with Gasteiger partial charge in [0, 0.05) is 24.9 Å². The topological polar surface area (TPSA) is 66.5 Å². The van der Waals surface area contributed by atoms with Gasteiger partial charge in [-0.1, -0.05) is 13.8 Å². The van der Waals surface area contributed by atoms with Crippen molar-refractivity contribution in [3.63, 3.8) is 0 Å². The van der Waals surface area contributed by atoms with Crippen LogP contribution >= 0.6 is 0 Å². The minimum atomic E-state index is -3.02. The van der Waals surface area contributed by atoms with Crippen LogP contribution in [0.25, 0.3) is 0 Å². The Kier molecular flexibility index (Phi) is 5.01. The highest BCUT2D eigenvalue weighted by Gasteiger charge is 2.36. The van der Waals surface area contributed by atoms with Crippen molar-refractivity contribution < 1.29 is 13.2 Å². The molecule has 0 bridgehead atoms. The van der Waals surface area contributed by atoms with E-state index in [2.05, 4.69) is 19.2 Å². The second-order valence-corrected chi connectivity index (χ2v) is 7.74. The molecule has 0 radical (unpaired) electrons. The van der Waals surface area contributed by atoms with E-state index in [1.165, 1.54) is 6.26 Å². The predicted molar refractivity (Wildman–Crippen MR) is 72.3 cm³/mol. The minimum absolute atomic E-state index is 0.00664. The Hall–Kier alpha value is -0.780. The molecular formula is C12H24N2O3S. The van der Waals surface area contributed by atoms with Crippen LogP contribution in [0.3, 0.4) is 0 Å². The molecule has 2 amide bonds. The highest BCUT2D eigenvalue weighted by atomic mass is 32.2. The lowest BCUT2D eigenvalue weighted by Crippen LogP contribution is -2.49. The molecule has 6 heteroatoms. The second kappa shape index (κ2) is 5.91. The maximum atomic E-state index is 12.1. The normalized spacial score (nSPS) is 17.6. The average molecular weight is 276 g/mol. The number of carbonyl (C=O) groups is 1. The van der Waals surface area contributed by atoms with Crippen molar-refractivity contribution >= 4 is 15.9 Å². The number of rotatable bonds is 6. The molecular weight excluding hydrogens is 252 g/mol. The lowest BCUT2D eigenvalue weighted by atomic mass is 10.0. The lowest BCUT2D eigenvalue weighted by molar-refractivity contribution is 0.157. The van der Waals surface area contributed by atoms with Crippen molar-refractivity contribution in [1.82, 2.24) is 10.2 Å². The van der Waals surface area contributed by atoms with Gasteiger partial charge < -0.3 is 10.2 Å². The number of amides is 2. The first-order valence-electron chi connectivity index (χ1n) is 6.46. The van der Waals surface area contributed by atoms with Crippen LogP contribution in [0, 0.1) is 5.92 Å². The van der Waals surface area contributed by atoms with Crippen LogP contribution in [0.4, 0.5) is 4.79 Å². The van der Waals surface area contributed by atoms with E-state index < -0.39 is 9.84 Å². The summed E-state index contributed by atoms with van der Waals surface area (Å²) in [6.07, 6.45) is 3.28. The van der Waals surface area contributed by atoms with Gasteiger partial charge in [0.25, 0.3) is 0 Å². The molecule has 106 valence electrons. The van der Waals surface area contributed by atoms with Crippen LogP contribution in [0.5, 0.6) is 0 Å². The van der Waals surface area contributed by atoms with Crippen LogP contribution in [0.1, 0.15) is 33.6 Å². The Morgan fingerprint density at radius 3 is 2.28 bits per heavy atom. The molecule has 1 saturated carbocycles. The molecule has 1 rings (SSSR count). The third-order valence-corrected chi connectivity index (χ3v) is 4.27. The van der Waals surface area contributed by atoms with Gasteiger partial charge in [-0.15, -0.1) is 0 Å². The molecule has 1 atom stereocenters. The maximum Gasteiger partial charge on any atom is 0.317 e. The molecule has 0 aromatic heterocycles. The third kappa shape index (κ3) is 4.84. The zero-order valence-corrected chi connectivity index (χ0v) is 12.5. The first-order chi connectivity index (χ1) is 8.22. The fraction of sp³-hybridized carbons (Fsp3) is 0.917. The Labute approximate surface area is 110 Å². The lowest BCUT2D eigenvalue weighted by Gasteiger charge is -2.32. The first kappa shape index (κ1) is 15.3. The SMILES string of the molecule is CC(C)[C@@H](C)N(C(=O)NCCS(C)(=O)=O)C1CC1. The number of sulfone groups is 1. The molecule has 1 aliphatic rings. The predicted octanol–water partition coefficient (Wildman–Crippen LogP) is 1.25. The molecule has 1 fully saturated rings. The fourth-order valence-corrected chi connectivity index (χ4v) is 2.26. The summed E-state index contributed by atoms with van der Waals surface area (Å²) in [6.45, 7) is 6.40. The number of nitrogens with zero attached hydrogens (tertiary/aromatic N) is 1. The summed E-state index contributed by atoms with van der Waals surface area (Å²) in [7, 11) is -3.02. The van der Waals surface area contributed by atoms with Crippen molar-refractivity contribution in [2.24, 2.45) is 5.92 Å². The molecule has 0 aliphatic heterocycles. The van der Waals surface area contributed by atoms with E-state index >= 15 is 0 Å². The van der Waals surface area contributed by atoms with Crippen LogP contribution in [0.2, 0.25) is 0 Å². The van der Waals surface area contributed by atoms with E-state index in [0.29, 0.717) is 12.0 Å². The van der Waals surface area contributed by atoms with Crippen molar-refractivity contribution in [1.29, 1.82) is 0 Å². The Morgan fingerprint density at radius 1 is 1.33 bits per heavy atom. The van der Waals surface area contributed by atoms with Gasteiger partial charge in [-0.25, -0.2) is 13.2 Å². The smallest absolute Gasteiger partial charge is 0.317 e. The van der Waals surface area contributed by atoms with Crippen LogP contribution < -0.4 is 5.32 Å². The largest absolute Gasteiger partial charge is 0.337 e. The minimum Gasteiger partial charge on any atom is -0.337 e. The fourth-order valence-electron chi connectivity index (χ4n) is 1.79. The molecule has 0 saturated heterocycles. The van der Waals surface area contributed by atoms with E-state index in [1.807, 2.05) is 11.8 Å². The van der Waals surface area contributed by atoms with E-state index in [-0.39, 0.29) is 24.4 Å². The van der Waals surface area contributed by atoms with Crippen molar-refractivity contribution in [2.75, 3.05) is 18.6 Å². The molecule has 0 spiro atoms. The number of hydrogen-bond donors (Lipinski definition) is 1. The summed E-state index contributed by atoms with van der Waals surface area (Å²) in [5.41, 5.74) is 0. The van der Waals surface area contributed by atoms with Gasteiger partial charge in [-0.2, -0.15) is 0 Å². The summed E-state index contributed by atoms with van der Waals surface area (Å²) in [6, 6.07) is 0.374. The summed E-state index contributed by atoms with van der Waals surface area (Å²) in [5.74, 6) is 0.388. The van der Waals surface area contributed by atoms with E-state index in [0.717, 1.165) is 12.8 Å². The van der Waals surface area contributed by atoms with Gasteiger partial charge in [0.2, 0.25) is 0 Å². The third-order valence-electron chi connectivity index (χ3n) is 3.33. The first-order valence-corrected chi connectivity index (χ1v) is 8.52. The number of nitrogens with one attached hydrogen (secondary N) is 1. The molecule has 0 aromatic rings. The molecule has 0 aromatic carbocycles. The second-order valence-electron chi connectivity index (χ2n) is 5.48. The van der Waals surface area contributed by atoms with Crippen molar-refractivity contribution in [3.8, 4) is 0 Å². The summed E-state index contributed by atoms with van der Waals surface area (Å²) in [5, 5.41) is 2.70. The zero-order valence-electron chi connectivity index (χ0n) is 11.6. The van der Waals surface area contributed by atoms with Crippen LogP contribution in [-0.2, 0) is 9.84 Å². The standard InChI is InChI=1S/C12H24N2O3S/c1-9(2)10(3)14(11-5-6-11)12(15)13-7-8-18(4,16)17/h9-11H,5-8H2,1-4H3,(H,13,15)/t10-/m1/s1. The van der Waals surface area contributed by atoms with Crippen LogP contribution in [0.15, 0.2) is 0 Å². The zero-order chi connectivity index (χ0) is 13.9. The quantitative estimate of drug-likeness (QED) is 0.794. The molecule has 1 aliphatic carbocycles. The monoisotopic (exact) mass is 276 g/mol. The Balaban J connectivity index is 2.50. The number of hydrogen-bond acceptors (Lipinski definition) is 3. The van der Waals surface area contributed by atoms with Crippen molar-refractivity contribution in [2.45, 2.75) is 45.7 Å². The van der Waals surface area contributed by atoms with E-state index in [9.17, 15) is 13.2 Å². The Bertz CT molecular complexity index is 388. The van der Waals surface area contributed by atoms with Gasteiger partial charge >= 0.3 is 6.03 Å². The van der Waals surface area contributed by atoms with Gasteiger partial charge in [0.15, 0.2) is 0 Å². The van der Waals surface area contributed by atoms with Gasteiger partial charge in [0.1, 0.15) is 9.84 Å². The Morgan fingerprint density at radius 2 is 1.89 bits per heavy atom. The maximum absolute atomic E-state index is 12.1. The molecule has 5 nitrogen and oxygen atoms in total. The summed E-state index contributed by atoms with van der Waals surface area (Å²) in [4.78, 5) is 13.9. The van der Waals surface area contributed by atoms with Gasteiger partial charge in [-0.05, 0) is 25.7 Å². The highest BCUT2D eigenvalue weighted by Crippen LogP contribution is 2.30. The summed E-state index contributed by atoms with van der Waals surface area (Å²) >= 11 is 0. The van der Waals surface area contributed by atoms with E-state index in [1.54, 1.807) is 0 Å². The van der Waals surface area contributed by atoms with Gasteiger partial charge in [-0.3, -0.25) is 0 Å². The molecule has 0 unspecified atom stereocenters. The molecule has 18 heavy (non-hydrogen) atoms. The summed E-state index contributed by atoms with van der Waals surface area (Å²) < 4.78 is 22.0. The highest BCUT2D eigenvalue weighted by molar-refractivity contribution is 7.90. The number of urea groups is 1. The van der Waals surface area contributed by atoms with Gasteiger partial charge in [0.05, 0.1) is 5.75 Å². The van der Waals surface area contributed by atoms with Crippen LogP contribution in [-0.4, -0.2) is 50.0 Å². The number of carbonyl (C=O) groups excluding carboxylic acids is 1. The molecule has 1 N–H and O–H groups in total. The van der Waals surface area contributed by atoms with E-state index in [4.69, 9.17) is 0 Å². The average Bonchev–Trinajstić information content (AvgIpc) is 2.99. The molecule has 0 heterocycles.